The van der Waals surface area contributed by atoms with Crippen LogP contribution >= 0.6 is 11.6 Å². The number of rotatable bonds is 4. The number of likely N-dealkylation sites (tertiary alicyclic amines) is 1. The summed E-state index contributed by atoms with van der Waals surface area (Å²) in [5.41, 5.74) is 6.17. The lowest BCUT2D eigenvalue weighted by Gasteiger charge is -2.15. The maximum Gasteiger partial charge on any atom is 0.157 e. The van der Waals surface area contributed by atoms with Crippen LogP contribution in [0.3, 0.4) is 0 Å². The van der Waals surface area contributed by atoms with E-state index >= 15 is 0 Å². The van der Waals surface area contributed by atoms with Crippen LogP contribution in [0, 0.1) is 0 Å². The number of anilines is 2. The Morgan fingerprint density at radius 3 is 2.88 bits per heavy atom. The van der Waals surface area contributed by atoms with Gasteiger partial charge in [0.25, 0.3) is 0 Å². The third-order valence-corrected chi connectivity index (χ3v) is 3.06. The molecule has 0 atom stereocenters. The second-order valence-corrected chi connectivity index (χ2v) is 4.26. The van der Waals surface area contributed by atoms with Crippen molar-refractivity contribution in [3.63, 3.8) is 0 Å². The minimum atomic E-state index is 0.304. The van der Waals surface area contributed by atoms with Gasteiger partial charge >= 0.3 is 0 Å². The summed E-state index contributed by atoms with van der Waals surface area (Å²) in [6.45, 7) is 4.24. The number of hydrogen-bond donors (Lipinski definition) is 2. The Kier molecular flexibility index (Phi) is 3.79. The van der Waals surface area contributed by atoms with E-state index in [1.165, 1.54) is 32.3 Å². The van der Waals surface area contributed by atoms with Gasteiger partial charge in [-0.25, -0.2) is 9.97 Å². The molecular formula is C10H16ClN5. The van der Waals surface area contributed by atoms with Crippen LogP contribution in [0.15, 0.2) is 6.33 Å². The Morgan fingerprint density at radius 1 is 1.38 bits per heavy atom. The zero-order valence-electron chi connectivity index (χ0n) is 9.12. The quantitative estimate of drug-likeness (QED) is 0.776. The molecule has 2 heterocycles. The standard InChI is InChI=1S/C10H16ClN5/c11-9-8(12)10(15-7-14-9)13-3-6-16-4-1-2-5-16/h7H,1-6,12H2,(H,13,14,15). The fourth-order valence-corrected chi connectivity index (χ4v) is 1.99. The van der Waals surface area contributed by atoms with E-state index in [-0.39, 0.29) is 0 Å². The summed E-state index contributed by atoms with van der Waals surface area (Å²) >= 11 is 5.79. The largest absolute Gasteiger partial charge is 0.393 e. The maximum absolute atomic E-state index is 5.79. The van der Waals surface area contributed by atoms with Gasteiger partial charge in [-0.05, 0) is 25.9 Å². The van der Waals surface area contributed by atoms with Crippen molar-refractivity contribution in [2.75, 3.05) is 37.2 Å². The van der Waals surface area contributed by atoms with Crippen molar-refractivity contribution in [3.05, 3.63) is 11.5 Å². The average Bonchev–Trinajstić information content (AvgIpc) is 2.77. The summed E-state index contributed by atoms with van der Waals surface area (Å²) in [6.07, 6.45) is 4.03. The molecule has 1 aliphatic rings. The molecule has 0 aromatic carbocycles. The molecule has 1 aromatic rings. The highest BCUT2D eigenvalue weighted by molar-refractivity contribution is 6.32. The lowest BCUT2D eigenvalue weighted by molar-refractivity contribution is 0.352. The van der Waals surface area contributed by atoms with E-state index < -0.39 is 0 Å². The Balaban J connectivity index is 1.82. The molecule has 3 N–H and O–H groups in total. The minimum absolute atomic E-state index is 0.304. The topological polar surface area (TPSA) is 67.1 Å². The van der Waals surface area contributed by atoms with E-state index in [1.54, 1.807) is 0 Å². The highest BCUT2D eigenvalue weighted by atomic mass is 35.5. The SMILES string of the molecule is Nc1c(Cl)ncnc1NCCN1CCCC1. The van der Waals surface area contributed by atoms with Gasteiger partial charge in [0.15, 0.2) is 11.0 Å². The third-order valence-electron chi connectivity index (χ3n) is 2.75. The van der Waals surface area contributed by atoms with Crippen molar-refractivity contribution in [2.24, 2.45) is 0 Å². The van der Waals surface area contributed by atoms with Crippen molar-refractivity contribution < 1.29 is 0 Å². The van der Waals surface area contributed by atoms with Gasteiger partial charge in [-0.2, -0.15) is 0 Å². The van der Waals surface area contributed by atoms with E-state index in [0.717, 1.165) is 13.1 Å². The van der Waals surface area contributed by atoms with Crippen LogP contribution in [0.1, 0.15) is 12.8 Å². The highest BCUT2D eigenvalue weighted by Crippen LogP contribution is 2.21. The number of hydrogen-bond acceptors (Lipinski definition) is 5. The highest BCUT2D eigenvalue weighted by Gasteiger charge is 2.11. The van der Waals surface area contributed by atoms with Gasteiger partial charge in [0.2, 0.25) is 0 Å². The van der Waals surface area contributed by atoms with Gasteiger partial charge in [-0.1, -0.05) is 11.6 Å². The van der Waals surface area contributed by atoms with Crippen LogP contribution in [0.2, 0.25) is 5.15 Å². The Bertz CT molecular complexity index is 351. The third kappa shape index (κ3) is 2.74. The minimum Gasteiger partial charge on any atom is -0.393 e. The fraction of sp³-hybridized carbons (Fsp3) is 0.600. The van der Waals surface area contributed by atoms with Crippen molar-refractivity contribution in [1.82, 2.24) is 14.9 Å². The van der Waals surface area contributed by atoms with E-state index in [2.05, 4.69) is 20.2 Å². The molecule has 0 saturated carbocycles. The summed E-state index contributed by atoms with van der Waals surface area (Å²) in [5, 5.41) is 3.48. The number of nitrogens with one attached hydrogen (secondary N) is 1. The first kappa shape index (κ1) is 11.4. The predicted octanol–water partition coefficient (Wildman–Crippen LogP) is 1.22. The van der Waals surface area contributed by atoms with E-state index in [1.807, 2.05) is 0 Å². The van der Waals surface area contributed by atoms with Gasteiger partial charge in [-0.3, -0.25) is 0 Å². The van der Waals surface area contributed by atoms with E-state index in [4.69, 9.17) is 17.3 Å². The number of nitrogen functional groups attached to an aromatic ring is 1. The van der Waals surface area contributed by atoms with E-state index in [9.17, 15) is 0 Å². The second kappa shape index (κ2) is 5.32. The van der Waals surface area contributed by atoms with Crippen molar-refractivity contribution >= 4 is 23.1 Å². The van der Waals surface area contributed by atoms with Crippen LogP contribution < -0.4 is 11.1 Å². The van der Waals surface area contributed by atoms with Gasteiger partial charge in [0.05, 0.1) is 0 Å². The van der Waals surface area contributed by atoms with Crippen LogP contribution in [0.25, 0.3) is 0 Å². The van der Waals surface area contributed by atoms with Gasteiger partial charge in [-0.15, -0.1) is 0 Å². The molecule has 0 radical (unpaired) electrons. The van der Waals surface area contributed by atoms with Gasteiger partial charge < -0.3 is 16.0 Å². The molecule has 0 bridgehead atoms. The zero-order chi connectivity index (χ0) is 11.4. The predicted molar refractivity (Wildman–Crippen MR) is 65.6 cm³/mol. The number of nitrogens with zero attached hydrogens (tertiary/aromatic N) is 3. The molecule has 88 valence electrons. The first-order valence-electron chi connectivity index (χ1n) is 5.49. The molecular weight excluding hydrogens is 226 g/mol. The molecule has 1 fully saturated rings. The molecule has 5 nitrogen and oxygen atoms in total. The lowest BCUT2D eigenvalue weighted by Crippen LogP contribution is -2.26. The Hall–Kier alpha value is -1.07. The van der Waals surface area contributed by atoms with Crippen LogP contribution in [-0.4, -0.2) is 41.0 Å². The van der Waals surface area contributed by atoms with Crippen LogP contribution in [-0.2, 0) is 0 Å². The van der Waals surface area contributed by atoms with Crippen LogP contribution in [0.5, 0.6) is 0 Å². The second-order valence-electron chi connectivity index (χ2n) is 3.90. The fourth-order valence-electron chi connectivity index (χ4n) is 1.85. The smallest absolute Gasteiger partial charge is 0.157 e. The van der Waals surface area contributed by atoms with Crippen LogP contribution in [0.4, 0.5) is 11.5 Å². The maximum atomic E-state index is 5.79. The summed E-state index contributed by atoms with van der Waals surface area (Å²) in [6, 6.07) is 0. The first-order valence-corrected chi connectivity index (χ1v) is 5.87. The number of aromatic nitrogens is 2. The zero-order valence-corrected chi connectivity index (χ0v) is 9.87. The molecule has 1 saturated heterocycles. The molecule has 16 heavy (non-hydrogen) atoms. The molecule has 0 unspecified atom stereocenters. The molecule has 1 aromatic heterocycles. The Labute approximate surface area is 100 Å². The van der Waals surface area contributed by atoms with E-state index in [0.29, 0.717) is 16.7 Å². The van der Waals surface area contributed by atoms with Crippen molar-refractivity contribution in [1.29, 1.82) is 0 Å². The summed E-state index contributed by atoms with van der Waals surface area (Å²) < 4.78 is 0. The summed E-state index contributed by atoms with van der Waals surface area (Å²) in [5.74, 6) is 0.624. The summed E-state index contributed by atoms with van der Waals surface area (Å²) in [7, 11) is 0. The van der Waals surface area contributed by atoms with Crippen molar-refractivity contribution in [3.8, 4) is 0 Å². The van der Waals surface area contributed by atoms with Gasteiger partial charge in [0, 0.05) is 13.1 Å². The lowest BCUT2D eigenvalue weighted by atomic mass is 10.4. The first-order chi connectivity index (χ1) is 7.77. The number of halogens is 1. The monoisotopic (exact) mass is 241 g/mol. The molecule has 0 aliphatic carbocycles. The number of nitrogens with two attached hydrogens (primary N) is 1. The average molecular weight is 242 g/mol. The molecule has 2 rings (SSSR count). The molecule has 1 aliphatic heterocycles. The summed E-state index contributed by atoms with van der Waals surface area (Å²) in [4.78, 5) is 10.3. The van der Waals surface area contributed by atoms with Crippen molar-refractivity contribution in [2.45, 2.75) is 12.8 Å². The molecule has 0 spiro atoms. The van der Waals surface area contributed by atoms with Gasteiger partial charge in [0.1, 0.15) is 12.0 Å². The normalized spacial score (nSPS) is 16.6. The Morgan fingerprint density at radius 2 is 2.12 bits per heavy atom. The molecule has 0 amide bonds. The molecule has 6 heteroatoms.